The monoisotopic (exact) mass is 284 g/mol. The van der Waals surface area contributed by atoms with E-state index in [1.165, 1.54) is 6.92 Å². The first kappa shape index (κ1) is 14.7. The molecule has 108 valence electrons. The molecule has 0 fully saturated rings. The Hall–Kier alpha value is -2.69. The summed E-state index contributed by atoms with van der Waals surface area (Å²) in [4.78, 5) is 26.9. The van der Waals surface area contributed by atoms with Gasteiger partial charge in [0.2, 0.25) is 0 Å². The third kappa shape index (κ3) is 4.72. The molecule has 1 N–H and O–H groups in total. The van der Waals surface area contributed by atoms with Crippen LogP contribution in [-0.2, 0) is 11.2 Å². The molecule has 21 heavy (non-hydrogen) atoms. The number of benzene rings is 1. The maximum Gasteiger partial charge on any atom is 0.411 e. The van der Waals surface area contributed by atoms with Crippen molar-refractivity contribution in [2.24, 2.45) is 0 Å². The summed E-state index contributed by atoms with van der Waals surface area (Å²) in [5.74, 6) is -0.0144. The zero-order valence-electron chi connectivity index (χ0n) is 11.7. The van der Waals surface area contributed by atoms with E-state index >= 15 is 0 Å². The van der Waals surface area contributed by atoms with Gasteiger partial charge in [-0.2, -0.15) is 0 Å². The molecule has 2 aromatic rings. The van der Waals surface area contributed by atoms with Crippen molar-refractivity contribution in [2.45, 2.75) is 13.3 Å². The topological polar surface area (TPSA) is 68.3 Å². The summed E-state index contributed by atoms with van der Waals surface area (Å²) in [6.45, 7) is 1.75. The fourth-order valence-electron chi connectivity index (χ4n) is 1.74. The number of hydrogen-bond acceptors (Lipinski definition) is 4. The molecule has 0 saturated heterocycles. The SMILES string of the molecule is CC(=O)c1ccc(NC(=O)OCCc2ccccn2)cc1. The molecule has 0 aliphatic heterocycles. The molecule has 0 saturated carbocycles. The van der Waals surface area contributed by atoms with E-state index in [1.54, 1.807) is 30.5 Å². The van der Waals surface area contributed by atoms with Crippen molar-refractivity contribution < 1.29 is 14.3 Å². The Morgan fingerprint density at radius 1 is 1.14 bits per heavy atom. The number of nitrogens with zero attached hydrogens (tertiary/aromatic N) is 1. The Bertz CT molecular complexity index is 609. The lowest BCUT2D eigenvalue weighted by molar-refractivity contribution is 0.101. The highest BCUT2D eigenvalue weighted by Crippen LogP contribution is 2.10. The molecular formula is C16H16N2O3. The Morgan fingerprint density at radius 3 is 2.52 bits per heavy atom. The minimum absolute atomic E-state index is 0.0144. The summed E-state index contributed by atoms with van der Waals surface area (Å²) in [6, 6.07) is 12.2. The minimum Gasteiger partial charge on any atom is -0.449 e. The number of rotatable bonds is 5. The van der Waals surface area contributed by atoms with Crippen LogP contribution in [0, 0.1) is 0 Å². The predicted molar refractivity (Wildman–Crippen MR) is 79.4 cm³/mol. The Labute approximate surface area is 123 Å². The maximum atomic E-state index is 11.6. The molecule has 0 radical (unpaired) electrons. The largest absolute Gasteiger partial charge is 0.449 e. The molecule has 1 heterocycles. The van der Waals surface area contributed by atoms with Gasteiger partial charge in [0.25, 0.3) is 0 Å². The van der Waals surface area contributed by atoms with Gasteiger partial charge in [-0.1, -0.05) is 6.07 Å². The lowest BCUT2D eigenvalue weighted by Gasteiger charge is -2.07. The van der Waals surface area contributed by atoms with Gasteiger partial charge in [-0.05, 0) is 43.3 Å². The van der Waals surface area contributed by atoms with E-state index in [-0.39, 0.29) is 12.4 Å². The van der Waals surface area contributed by atoms with Crippen LogP contribution >= 0.6 is 0 Å². The quantitative estimate of drug-likeness (QED) is 0.857. The Balaban J connectivity index is 1.78. The summed E-state index contributed by atoms with van der Waals surface area (Å²) in [5, 5.41) is 2.60. The first-order valence-electron chi connectivity index (χ1n) is 6.60. The summed E-state index contributed by atoms with van der Waals surface area (Å²) >= 11 is 0. The molecule has 1 aromatic carbocycles. The fourth-order valence-corrected chi connectivity index (χ4v) is 1.74. The number of pyridine rings is 1. The third-order valence-electron chi connectivity index (χ3n) is 2.86. The number of nitrogens with one attached hydrogen (secondary N) is 1. The number of ether oxygens (including phenoxy) is 1. The van der Waals surface area contributed by atoms with Crippen LogP contribution in [0.25, 0.3) is 0 Å². The number of amides is 1. The zero-order valence-corrected chi connectivity index (χ0v) is 11.7. The van der Waals surface area contributed by atoms with Crippen LogP contribution in [0.5, 0.6) is 0 Å². The summed E-state index contributed by atoms with van der Waals surface area (Å²) < 4.78 is 5.07. The molecule has 1 amide bonds. The van der Waals surface area contributed by atoms with Gasteiger partial charge in [0, 0.05) is 29.6 Å². The predicted octanol–water partition coefficient (Wildman–Crippen LogP) is 3.08. The number of aromatic nitrogens is 1. The number of Topliss-reactive ketones (excluding diaryl/α,β-unsaturated/α-hetero) is 1. The average Bonchev–Trinajstić information content (AvgIpc) is 2.49. The summed E-state index contributed by atoms with van der Waals surface area (Å²) in [5.41, 5.74) is 2.06. The highest BCUT2D eigenvalue weighted by molar-refractivity contribution is 5.94. The third-order valence-corrected chi connectivity index (χ3v) is 2.86. The van der Waals surface area contributed by atoms with Gasteiger partial charge in [-0.3, -0.25) is 15.1 Å². The molecule has 1 aromatic heterocycles. The second kappa shape index (κ2) is 7.19. The van der Waals surface area contributed by atoms with E-state index in [4.69, 9.17) is 4.74 Å². The molecule has 5 heteroatoms. The van der Waals surface area contributed by atoms with Crippen LogP contribution in [0.3, 0.4) is 0 Å². The van der Waals surface area contributed by atoms with Crippen LogP contribution in [0.15, 0.2) is 48.7 Å². The Morgan fingerprint density at radius 2 is 1.90 bits per heavy atom. The molecule has 0 aliphatic rings. The van der Waals surface area contributed by atoms with Crippen LogP contribution < -0.4 is 5.32 Å². The van der Waals surface area contributed by atoms with E-state index < -0.39 is 6.09 Å². The van der Waals surface area contributed by atoms with Crippen molar-refractivity contribution in [3.63, 3.8) is 0 Å². The van der Waals surface area contributed by atoms with Crippen molar-refractivity contribution in [3.05, 3.63) is 59.9 Å². The highest BCUT2D eigenvalue weighted by Gasteiger charge is 2.04. The summed E-state index contributed by atoms with van der Waals surface area (Å²) in [6.07, 6.45) is 1.74. The van der Waals surface area contributed by atoms with Crippen LogP contribution in [0.2, 0.25) is 0 Å². The first-order valence-corrected chi connectivity index (χ1v) is 6.60. The van der Waals surface area contributed by atoms with Gasteiger partial charge in [0.05, 0.1) is 6.61 Å². The van der Waals surface area contributed by atoms with Crippen molar-refractivity contribution in [1.82, 2.24) is 4.98 Å². The standard InChI is InChI=1S/C16H16N2O3/c1-12(19)13-5-7-15(8-6-13)18-16(20)21-11-9-14-4-2-3-10-17-14/h2-8,10H,9,11H2,1H3,(H,18,20). The number of carbonyl (C=O) groups excluding carboxylic acids is 2. The molecule has 0 atom stereocenters. The molecule has 0 spiro atoms. The van der Waals surface area contributed by atoms with Crippen LogP contribution in [-0.4, -0.2) is 23.5 Å². The lowest BCUT2D eigenvalue weighted by Crippen LogP contribution is -2.15. The van der Waals surface area contributed by atoms with Crippen molar-refractivity contribution in [3.8, 4) is 0 Å². The van der Waals surface area contributed by atoms with E-state index in [0.717, 1.165) is 5.69 Å². The smallest absolute Gasteiger partial charge is 0.411 e. The van der Waals surface area contributed by atoms with Crippen LogP contribution in [0.1, 0.15) is 23.0 Å². The molecule has 2 rings (SSSR count). The number of ketones is 1. The Kier molecular flexibility index (Phi) is 5.04. The number of carbonyl (C=O) groups is 2. The average molecular weight is 284 g/mol. The van der Waals surface area contributed by atoms with Gasteiger partial charge in [0.15, 0.2) is 5.78 Å². The second-order valence-electron chi connectivity index (χ2n) is 4.47. The number of anilines is 1. The molecule has 0 aliphatic carbocycles. The van der Waals surface area contributed by atoms with Crippen molar-refractivity contribution in [2.75, 3.05) is 11.9 Å². The molecule has 5 nitrogen and oxygen atoms in total. The maximum absolute atomic E-state index is 11.6. The highest BCUT2D eigenvalue weighted by atomic mass is 16.5. The van der Waals surface area contributed by atoms with E-state index in [1.807, 2.05) is 18.2 Å². The number of hydrogen-bond donors (Lipinski definition) is 1. The van der Waals surface area contributed by atoms with Gasteiger partial charge in [0.1, 0.15) is 0 Å². The molecule has 0 unspecified atom stereocenters. The molecule has 0 bridgehead atoms. The van der Waals surface area contributed by atoms with Gasteiger partial charge in [-0.25, -0.2) is 4.79 Å². The first-order chi connectivity index (χ1) is 10.1. The van der Waals surface area contributed by atoms with Crippen LogP contribution in [0.4, 0.5) is 10.5 Å². The van der Waals surface area contributed by atoms with Gasteiger partial charge < -0.3 is 4.74 Å². The van der Waals surface area contributed by atoms with Crippen molar-refractivity contribution >= 4 is 17.6 Å². The zero-order chi connectivity index (χ0) is 15.1. The molecular weight excluding hydrogens is 268 g/mol. The van der Waals surface area contributed by atoms with Gasteiger partial charge >= 0.3 is 6.09 Å². The lowest BCUT2D eigenvalue weighted by atomic mass is 10.1. The van der Waals surface area contributed by atoms with E-state index in [2.05, 4.69) is 10.3 Å². The van der Waals surface area contributed by atoms with E-state index in [0.29, 0.717) is 17.7 Å². The van der Waals surface area contributed by atoms with Gasteiger partial charge in [-0.15, -0.1) is 0 Å². The fraction of sp³-hybridized carbons (Fsp3) is 0.188. The van der Waals surface area contributed by atoms with Crippen molar-refractivity contribution in [1.29, 1.82) is 0 Å². The second-order valence-corrected chi connectivity index (χ2v) is 4.47. The van der Waals surface area contributed by atoms with E-state index in [9.17, 15) is 9.59 Å². The summed E-state index contributed by atoms with van der Waals surface area (Å²) in [7, 11) is 0. The normalized spacial score (nSPS) is 9.95. The minimum atomic E-state index is -0.526.